The predicted octanol–water partition coefficient (Wildman–Crippen LogP) is 2.93. The van der Waals surface area contributed by atoms with Crippen molar-refractivity contribution in [3.05, 3.63) is 64.7 Å². The van der Waals surface area contributed by atoms with Gasteiger partial charge in [-0.05, 0) is 48.4 Å². The summed E-state index contributed by atoms with van der Waals surface area (Å²) in [7, 11) is 0. The Bertz CT molecular complexity index is 629. The Labute approximate surface area is 141 Å². The summed E-state index contributed by atoms with van der Waals surface area (Å²) in [5.74, 6) is 0.737. The van der Waals surface area contributed by atoms with Crippen LogP contribution in [0.4, 0.5) is 0 Å². The molecule has 0 radical (unpaired) electrons. The highest BCUT2D eigenvalue weighted by Gasteiger charge is 2.04. The number of nitrogens with one attached hydrogen (secondary N) is 1. The maximum Gasteiger partial charge on any atom is 0.224 e. The van der Waals surface area contributed by atoms with Crippen molar-refractivity contribution in [2.24, 2.45) is 5.73 Å². The van der Waals surface area contributed by atoms with Crippen LogP contribution in [0.3, 0.4) is 0 Å². The molecule has 3 N–H and O–H groups in total. The van der Waals surface area contributed by atoms with Gasteiger partial charge in [-0.3, -0.25) is 4.79 Å². The van der Waals surface area contributed by atoms with Crippen molar-refractivity contribution in [3.63, 3.8) is 0 Å². The summed E-state index contributed by atoms with van der Waals surface area (Å²) in [6.07, 6.45) is 1.12. The summed E-state index contributed by atoms with van der Waals surface area (Å²) in [5, 5.41) is 3.55. The third-order valence-electron chi connectivity index (χ3n) is 3.28. The zero-order valence-electron chi connectivity index (χ0n) is 12.9. The van der Waals surface area contributed by atoms with Gasteiger partial charge < -0.3 is 15.8 Å². The number of carbonyl (C=O) groups excluding carboxylic acids is 1. The van der Waals surface area contributed by atoms with E-state index in [1.807, 2.05) is 48.5 Å². The molecule has 0 fully saturated rings. The minimum Gasteiger partial charge on any atom is -0.489 e. The van der Waals surface area contributed by atoms with Crippen molar-refractivity contribution in [1.29, 1.82) is 0 Å². The molecule has 2 aromatic carbocycles. The van der Waals surface area contributed by atoms with E-state index in [9.17, 15) is 4.79 Å². The van der Waals surface area contributed by atoms with Gasteiger partial charge in [0.2, 0.25) is 5.91 Å². The number of rotatable bonds is 8. The van der Waals surface area contributed by atoms with Crippen LogP contribution in [0, 0.1) is 0 Å². The summed E-state index contributed by atoms with van der Waals surface area (Å²) in [6, 6.07) is 15.1. The number of hydrogen-bond donors (Lipinski definition) is 2. The molecule has 2 aromatic rings. The van der Waals surface area contributed by atoms with Crippen molar-refractivity contribution in [2.75, 3.05) is 13.1 Å². The van der Waals surface area contributed by atoms with Crippen LogP contribution < -0.4 is 15.8 Å². The van der Waals surface area contributed by atoms with Gasteiger partial charge in [0.25, 0.3) is 0 Å². The van der Waals surface area contributed by atoms with Crippen LogP contribution in [0.2, 0.25) is 5.02 Å². The highest BCUT2D eigenvalue weighted by Crippen LogP contribution is 2.16. The van der Waals surface area contributed by atoms with Crippen molar-refractivity contribution in [1.82, 2.24) is 5.32 Å². The molecule has 0 atom stereocenters. The predicted molar refractivity (Wildman–Crippen MR) is 92.6 cm³/mol. The highest BCUT2D eigenvalue weighted by molar-refractivity contribution is 6.30. The lowest BCUT2D eigenvalue weighted by molar-refractivity contribution is -0.120. The fourth-order valence-corrected chi connectivity index (χ4v) is 2.20. The average molecular weight is 333 g/mol. The Morgan fingerprint density at radius 1 is 1.13 bits per heavy atom. The normalized spacial score (nSPS) is 10.3. The van der Waals surface area contributed by atoms with E-state index in [1.54, 1.807) is 0 Å². The van der Waals surface area contributed by atoms with Crippen LogP contribution in [-0.2, 0) is 17.8 Å². The monoisotopic (exact) mass is 332 g/mol. The Morgan fingerprint density at radius 3 is 2.65 bits per heavy atom. The van der Waals surface area contributed by atoms with Gasteiger partial charge in [0.15, 0.2) is 0 Å². The first kappa shape index (κ1) is 17.3. The molecule has 2 rings (SSSR count). The van der Waals surface area contributed by atoms with Gasteiger partial charge in [-0.15, -0.1) is 0 Å². The minimum absolute atomic E-state index is 0.00620. The molecule has 0 saturated carbocycles. The van der Waals surface area contributed by atoms with Crippen LogP contribution in [-0.4, -0.2) is 19.0 Å². The molecule has 122 valence electrons. The van der Waals surface area contributed by atoms with Gasteiger partial charge in [-0.2, -0.15) is 0 Å². The summed E-state index contributed by atoms with van der Waals surface area (Å²) >= 11 is 5.86. The zero-order chi connectivity index (χ0) is 16.5. The van der Waals surface area contributed by atoms with Gasteiger partial charge in [-0.25, -0.2) is 0 Å². The van der Waals surface area contributed by atoms with Crippen molar-refractivity contribution in [3.8, 4) is 5.75 Å². The molecule has 0 heterocycles. The molecule has 1 amide bonds. The fraction of sp³-hybridized carbons (Fsp3) is 0.278. The third-order valence-corrected chi connectivity index (χ3v) is 3.54. The standard InChI is InChI=1S/C18H21ClN2O2/c19-16-7-5-14(6-8-16)13-23-17-4-1-3-15(11-17)12-18(22)21-10-2-9-20/h1,3-8,11H,2,9-10,12-13,20H2,(H,21,22). The number of nitrogens with two attached hydrogens (primary N) is 1. The van der Waals surface area contributed by atoms with Gasteiger partial charge in [0.1, 0.15) is 12.4 Å². The summed E-state index contributed by atoms with van der Waals surface area (Å²) in [6.45, 7) is 1.65. The molecule has 0 aliphatic rings. The van der Waals surface area contributed by atoms with Gasteiger partial charge in [0.05, 0.1) is 6.42 Å². The Balaban J connectivity index is 1.86. The number of hydrogen-bond acceptors (Lipinski definition) is 3. The van der Waals surface area contributed by atoms with E-state index in [4.69, 9.17) is 22.1 Å². The van der Waals surface area contributed by atoms with Crippen molar-refractivity contribution < 1.29 is 9.53 Å². The molecule has 0 aliphatic carbocycles. The second-order valence-electron chi connectivity index (χ2n) is 5.23. The molecular weight excluding hydrogens is 312 g/mol. The van der Waals surface area contributed by atoms with Crippen LogP contribution in [0.5, 0.6) is 5.75 Å². The van der Waals surface area contributed by atoms with Crippen LogP contribution in [0.15, 0.2) is 48.5 Å². The largest absolute Gasteiger partial charge is 0.489 e. The molecule has 23 heavy (non-hydrogen) atoms. The van der Waals surface area contributed by atoms with E-state index < -0.39 is 0 Å². The summed E-state index contributed by atoms with van der Waals surface area (Å²) in [4.78, 5) is 11.8. The Morgan fingerprint density at radius 2 is 1.91 bits per heavy atom. The SMILES string of the molecule is NCCCNC(=O)Cc1cccc(OCc2ccc(Cl)cc2)c1. The van der Waals surface area contributed by atoms with Gasteiger partial charge in [0, 0.05) is 11.6 Å². The average Bonchev–Trinajstić information content (AvgIpc) is 2.55. The van der Waals surface area contributed by atoms with E-state index in [1.165, 1.54) is 0 Å². The number of carbonyl (C=O) groups is 1. The van der Waals surface area contributed by atoms with Gasteiger partial charge in [-0.1, -0.05) is 35.9 Å². The second kappa shape index (κ2) is 9.18. The van der Waals surface area contributed by atoms with Crippen molar-refractivity contribution >= 4 is 17.5 Å². The molecule has 0 saturated heterocycles. The maximum absolute atomic E-state index is 11.8. The van der Waals surface area contributed by atoms with E-state index in [0.29, 0.717) is 31.1 Å². The Kier molecular flexibility index (Phi) is 6.91. The van der Waals surface area contributed by atoms with Crippen LogP contribution >= 0.6 is 11.6 Å². The smallest absolute Gasteiger partial charge is 0.224 e. The molecule has 0 spiro atoms. The lowest BCUT2D eigenvalue weighted by Gasteiger charge is -2.09. The summed E-state index contributed by atoms with van der Waals surface area (Å²) < 4.78 is 5.76. The lowest BCUT2D eigenvalue weighted by atomic mass is 10.1. The van der Waals surface area contributed by atoms with E-state index >= 15 is 0 Å². The van der Waals surface area contributed by atoms with Crippen LogP contribution in [0.25, 0.3) is 0 Å². The molecule has 0 aromatic heterocycles. The minimum atomic E-state index is -0.00620. The first-order valence-electron chi connectivity index (χ1n) is 7.60. The topological polar surface area (TPSA) is 64.3 Å². The van der Waals surface area contributed by atoms with E-state index in [2.05, 4.69) is 5.32 Å². The number of amides is 1. The molecule has 4 nitrogen and oxygen atoms in total. The lowest BCUT2D eigenvalue weighted by Crippen LogP contribution is -2.27. The molecule has 0 unspecified atom stereocenters. The third kappa shape index (κ3) is 6.30. The van der Waals surface area contributed by atoms with Crippen LogP contribution in [0.1, 0.15) is 17.5 Å². The first-order valence-corrected chi connectivity index (χ1v) is 7.98. The van der Waals surface area contributed by atoms with E-state index in [-0.39, 0.29) is 5.91 Å². The van der Waals surface area contributed by atoms with Crippen molar-refractivity contribution in [2.45, 2.75) is 19.4 Å². The summed E-state index contributed by atoms with van der Waals surface area (Å²) in [5.41, 5.74) is 7.36. The quantitative estimate of drug-likeness (QED) is 0.730. The zero-order valence-corrected chi connectivity index (χ0v) is 13.7. The Hall–Kier alpha value is -2.04. The number of halogens is 1. The van der Waals surface area contributed by atoms with Gasteiger partial charge >= 0.3 is 0 Å². The molecular formula is C18H21ClN2O2. The number of benzene rings is 2. The molecule has 0 aliphatic heterocycles. The fourth-order valence-electron chi connectivity index (χ4n) is 2.07. The van der Waals surface area contributed by atoms with E-state index in [0.717, 1.165) is 23.3 Å². The molecule has 0 bridgehead atoms. The number of ether oxygens (including phenoxy) is 1. The maximum atomic E-state index is 11.8. The first-order chi connectivity index (χ1) is 11.2. The highest BCUT2D eigenvalue weighted by atomic mass is 35.5. The molecule has 5 heteroatoms. The second-order valence-corrected chi connectivity index (χ2v) is 5.67.